The molecule has 3 amide bonds. The number of nitrogens with zero attached hydrogens (tertiary/aromatic N) is 10. The molecule has 1 saturated carbocycles. The van der Waals surface area contributed by atoms with Gasteiger partial charge < -0.3 is 15.5 Å². The van der Waals surface area contributed by atoms with Crippen LogP contribution in [-0.2, 0) is 4.79 Å². The first-order valence-electron chi connectivity index (χ1n) is 18.8. The molecule has 284 valence electrons. The van der Waals surface area contributed by atoms with Crippen LogP contribution >= 0.6 is 0 Å². The zero-order chi connectivity index (χ0) is 38.5. The van der Waals surface area contributed by atoms with Crippen LogP contribution in [0.3, 0.4) is 0 Å². The number of anilines is 5. The van der Waals surface area contributed by atoms with Gasteiger partial charge in [0.15, 0.2) is 11.6 Å². The number of benzene rings is 1. The predicted molar refractivity (Wildman–Crippen MR) is 205 cm³/mol. The van der Waals surface area contributed by atoms with Crippen molar-refractivity contribution in [3.8, 4) is 17.8 Å². The molecule has 4 aromatic rings. The first kappa shape index (κ1) is 37.2. The molecule has 2 atom stereocenters. The number of pyridine rings is 2. The second-order valence-corrected chi connectivity index (χ2v) is 14.6. The molecule has 3 aromatic heterocycles. The molecule has 55 heavy (non-hydrogen) atoms. The SMILES string of the molecule is C[C@H](C#N)Nc1cc(Nc2ncc(C#N)cc2F)ncc1-n1cc(C2CCC(CCN3CCN(c4ccc(N5CCC(=O)NC5=O)cc4)[C@H](C)C3)CC2)nn1. The minimum atomic E-state index is -0.679. The fourth-order valence-electron chi connectivity index (χ4n) is 7.74. The summed E-state index contributed by atoms with van der Waals surface area (Å²) < 4.78 is 16.2. The van der Waals surface area contributed by atoms with Gasteiger partial charge in [0, 0.05) is 68.2 Å². The summed E-state index contributed by atoms with van der Waals surface area (Å²) in [6.45, 7) is 8.41. The largest absolute Gasteiger partial charge is 0.368 e. The van der Waals surface area contributed by atoms with Crippen molar-refractivity contribution in [3.05, 3.63) is 72.1 Å². The van der Waals surface area contributed by atoms with Gasteiger partial charge in [-0.15, -0.1) is 5.10 Å². The molecule has 15 nitrogen and oxygen atoms in total. The van der Waals surface area contributed by atoms with E-state index in [-0.39, 0.29) is 23.3 Å². The molecule has 2 saturated heterocycles. The quantitative estimate of drug-likeness (QED) is 0.177. The van der Waals surface area contributed by atoms with Crippen LogP contribution < -0.4 is 25.8 Å². The van der Waals surface area contributed by atoms with E-state index in [0.29, 0.717) is 48.0 Å². The Kier molecular flexibility index (Phi) is 11.1. The number of amides is 3. The summed E-state index contributed by atoms with van der Waals surface area (Å²) in [6, 6.07) is 14.3. The first-order chi connectivity index (χ1) is 26.7. The lowest BCUT2D eigenvalue weighted by atomic mass is 9.79. The van der Waals surface area contributed by atoms with Gasteiger partial charge in [0.25, 0.3) is 0 Å². The molecule has 3 N–H and O–H groups in total. The molecule has 16 heteroatoms. The van der Waals surface area contributed by atoms with Gasteiger partial charge in [0.05, 0.1) is 35.4 Å². The summed E-state index contributed by atoms with van der Waals surface area (Å²) >= 11 is 0. The molecule has 3 fully saturated rings. The van der Waals surface area contributed by atoms with E-state index in [4.69, 9.17) is 5.26 Å². The zero-order valence-electron chi connectivity index (χ0n) is 31.0. The second kappa shape index (κ2) is 16.5. The molecule has 0 radical (unpaired) electrons. The van der Waals surface area contributed by atoms with E-state index in [1.165, 1.54) is 12.6 Å². The van der Waals surface area contributed by atoms with Crippen LogP contribution in [0, 0.1) is 34.4 Å². The van der Waals surface area contributed by atoms with Crippen molar-refractivity contribution in [2.75, 3.05) is 53.2 Å². The summed E-state index contributed by atoms with van der Waals surface area (Å²) in [6.07, 6.45) is 10.6. The standard InChI is InChI=1S/C39H44FN13O2/c1-25(19-41)45-33-18-36(46-38-32(40)17-28(20-42)21-44-38)43-22-35(33)53-24-34(48-49-53)29-5-3-27(4-6-29)11-13-50-15-16-51(26(2)23-50)30-7-9-31(10-8-30)52-14-12-37(54)47-39(52)55/h7-10,17-18,21-22,24-27,29H,3-6,11-16,23H2,1-2H3,(H,47,54,55)(H2,43,44,45,46)/t25-,26-,27?,29?/m1/s1. The number of nitriles is 2. The zero-order valence-corrected chi connectivity index (χ0v) is 31.0. The summed E-state index contributed by atoms with van der Waals surface area (Å²) in [5.74, 6) is 0.295. The molecule has 2 aliphatic heterocycles. The van der Waals surface area contributed by atoms with Crippen molar-refractivity contribution in [1.29, 1.82) is 10.5 Å². The van der Waals surface area contributed by atoms with E-state index in [0.717, 1.165) is 75.0 Å². The van der Waals surface area contributed by atoms with Crippen LogP contribution in [0.1, 0.15) is 69.5 Å². The van der Waals surface area contributed by atoms with Gasteiger partial charge >= 0.3 is 6.03 Å². The summed E-state index contributed by atoms with van der Waals surface area (Å²) in [5, 5.41) is 35.9. The van der Waals surface area contributed by atoms with Gasteiger partial charge in [-0.1, -0.05) is 5.21 Å². The number of carbonyl (C=O) groups is 2. The monoisotopic (exact) mass is 745 g/mol. The number of imide groups is 1. The van der Waals surface area contributed by atoms with Gasteiger partial charge in [-0.2, -0.15) is 10.5 Å². The number of rotatable bonds is 11. The number of halogens is 1. The Morgan fingerprint density at radius 3 is 2.51 bits per heavy atom. The molecule has 1 aliphatic carbocycles. The second-order valence-electron chi connectivity index (χ2n) is 14.6. The van der Waals surface area contributed by atoms with Gasteiger partial charge in [-0.3, -0.25) is 19.9 Å². The highest BCUT2D eigenvalue weighted by Gasteiger charge is 2.29. The average molecular weight is 746 g/mol. The smallest absolute Gasteiger partial charge is 0.328 e. The Morgan fingerprint density at radius 1 is 1.02 bits per heavy atom. The number of aromatic nitrogens is 5. The average Bonchev–Trinajstić information content (AvgIpc) is 3.68. The third-order valence-electron chi connectivity index (χ3n) is 10.8. The Bertz CT molecular complexity index is 2100. The molecule has 7 rings (SSSR count). The predicted octanol–water partition coefficient (Wildman–Crippen LogP) is 5.46. The molecule has 0 bridgehead atoms. The molecule has 3 aliphatic rings. The highest BCUT2D eigenvalue weighted by atomic mass is 19.1. The van der Waals surface area contributed by atoms with Gasteiger partial charge in [-0.05, 0) is 88.7 Å². The normalized spacial score (nSPS) is 21.0. The third-order valence-corrected chi connectivity index (χ3v) is 10.8. The molecular weight excluding hydrogens is 702 g/mol. The Balaban J connectivity index is 0.901. The highest BCUT2D eigenvalue weighted by molar-refractivity contribution is 6.05. The van der Waals surface area contributed by atoms with Crippen LogP contribution in [0.2, 0.25) is 0 Å². The lowest BCUT2D eigenvalue weighted by molar-refractivity contribution is -0.120. The molecule has 5 heterocycles. The van der Waals surface area contributed by atoms with Crippen molar-refractivity contribution in [2.24, 2.45) is 5.92 Å². The van der Waals surface area contributed by atoms with E-state index in [1.807, 2.05) is 24.4 Å². The van der Waals surface area contributed by atoms with Crippen molar-refractivity contribution >= 4 is 40.6 Å². The van der Waals surface area contributed by atoms with E-state index >= 15 is 0 Å². The van der Waals surface area contributed by atoms with Crippen molar-refractivity contribution < 1.29 is 14.0 Å². The van der Waals surface area contributed by atoms with E-state index in [1.54, 1.807) is 28.8 Å². The Morgan fingerprint density at radius 2 is 1.80 bits per heavy atom. The number of carbonyl (C=O) groups excluding carboxylic acids is 2. The highest BCUT2D eigenvalue weighted by Crippen LogP contribution is 2.37. The van der Waals surface area contributed by atoms with E-state index in [2.05, 4.69) is 71.2 Å². The van der Waals surface area contributed by atoms with E-state index in [9.17, 15) is 19.2 Å². The van der Waals surface area contributed by atoms with Crippen LogP contribution in [0.4, 0.5) is 37.9 Å². The Labute approximate surface area is 319 Å². The van der Waals surface area contributed by atoms with Crippen LogP contribution in [0.5, 0.6) is 0 Å². The lowest BCUT2D eigenvalue weighted by Crippen LogP contribution is -2.52. The lowest BCUT2D eigenvalue weighted by Gasteiger charge is -2.42. The maximum Gasteiger partial charge on any atom is 0.328 e. The molecular formula is C39H44FN13O2. The van der Waals surface area contributed by atoms with Gasteiger partial charge in [-0.25, -0.2) is 23.8 Å². The van der Waals surface area contributed by atoms with Crippen LogP contribution in [-0.4, -0.2) is 86.6 Å². The molecule has 1 aromatic carbocycles. The number of urea groups is 1. The topological polar surface area (TPSA) is 184 Å². The molecule has 0 spiro atoms. The fraction of sp³-hybridized carbons (Fsp3) is 0.436. The number of nitrogens with one attached hydrogen (secondary N) is 3. The fourth-order valence-corrected chi connectivity index (χ4v) is 7.74. The van der Waals surface area contributed by atoms with Crippen molar-refractivity contribution in [1.82, 2.24) is 35.2 Å². The summed E-state index contributed by atoms with van der Waals surface area (Å²) in [4.78, 5) is 38.8. The Hall–Kier alpha value is -6.13. The van der Waals surface area contributed by atoms with Crippen LogP contribution in [0.25, 0.3) is 5.69 Å². The maximum atomic E-state index is 14.5. The van der Waals surface area contributed by atoms with Crippen molar-refractivity contribution in [2.45, 2.75) is 70.4 Å². The van der Waals surface area contributed by atoms with E-state index < -0.39 is 11.9 Å². The van der Waals surface area contributed by atoms with Gasteiger partial charge in [0.1, 0.15) is 23.6 Å². The minimum absolute atomic E-state index is 0.0687. The van der Waals surface area contributed by atoms with Crippen molar-refractivity contribution in [3.63, 3.8) is 0 Å². The maximum absolute atomic E-state index is 14.5. The number of hydrogen-bond donors (Lipinski definition) is 3. The third kappa shape index (κ3) is 8.66. The summed E-state index contributed by atoms with van der Waals surface area (Å²) in [5.41, 5.74) is 4.14. The minimum Gasteiger partial charge on any atom is -0.368 e. The number of hydrogen-bond acceptors (Lipinski definition) is 12. The van der Waals surface area contributed by atoms with Gasteiger partial charge in [0.2, 0.25) is 5.91 Å². The molecule has 0 unspecified atom stereocenters. The number of piperazine rings is 1. The van der Waals surface area contributed by atoms with Crippen LogP contribution in [0.15, 0.2) is 55.0 Å². The first-order valence-corrected chi connectivity index (χ1v) is 18.8. The summed E-state index contributed by atoms with van der Waals surface area (Å²) in [7, 11) is 0.